The van der Waals surface area contributed by atoms with Crippen LogP contribution < -0.4 is 5.32 Å². The number of carboxylic acid groups (broad SMARTS) is 1. The lowest BCUT2D eigenvalue weighted by atomic mass is 10.2. The van der Waals surface area contributed by atoms with E-state index in [1.807, 2.05) is 6.92 Å². The van der Waals surface area contributed by atoms with E-state index in [2.05, 4.69) is 5.32 Å². The highest BCUT2D eigenvalue weighted by Gasteiger charge is 2.22. The molecule has 0 spiro atoms. The Morgan fingerprint density at radius 1 is 1.47 bits per heavy atom. The molecule has 1 atom stereocenters. The molecule has 19 heavy (non-hydrogen) atoms. The van der Waals surface area contributed by atoms with Gasteiger partial charge in [0, 0.05) is 20.2 Å². The minimum absolute atomic E-state index is 0.365. The first kappa shape index (κ1) is 15.8. The van der Waals surface area contributed by atoms with Crippen LogP contribution in [0.25, 0.3) is 0 Å². The largest absolute Gasteiger partial charge is 0.480 e. The number of ether oxygens (including phenoxy) is 1. The Hall–Kier alpha value is -1.30. The first-order chi connectivity index (χ1) is 9.04. The zero-order valence-corrected chi connectivity index (χ0v) is 11.7. The van der Waals surface area contributed by atoms with Gasteiger partial charge in [-0.05, 0) is 25.2 Å². The van der Waals surface area contributed by atoms with Gasteiger partial charge in [0.2, 0.25) is 0 Å². The predicted molar refractivity (Wildman–Crippen MR) is 71.0 cm³/mol. The number of amides is 2. The molecule has 2 N–H and O–H groups in total. The highest BCUT2D eigenvalue weighted by Crippen LogP contribution is 2.28. The van der Waals surface area contributed by atoms with Crippen molar-refractivity contribution in [1.82, 2.24) is 10.2 Å². The zero-order chi connectivity index (χ0) is 14.3. The van der Waals surface area contributed by atoms with Gasteiger partial charge < -0.3 is 20.1 Å². The van der Waals surface area contributed by atoms with Crippen LogP contribution in [0.3, 0.4) is 0 Å². The van der Waals surface area contributed by atoms with Crippen LogP contribution in [0.1, 0.15) is 32.6 Å². The third-order valence-electron chi connectivity index (χ3n) is 3.14. The number of nitrogens with one attached hydrogen (secondary N) is 1. The van der Waals surface area contributed by atoms with Gasteiger partial charge >= 0.3 is 12.0 Å². The van der Waals surface area contributed by atoms with Crippen molar-refractivity contribution in [1.29, 1.82) is 0 Å². The number of rotatable bonds is 9. The van der Waals surface area contributed by atoms with Crippen LogP contribution in [0.5, 0.6) is 0 Å². The average Bonchev–Trinajstić information content (AvgIpc) is 3.17. The maximum atomic E-state index is 11.8. The minimum atomic E-state index is -0.992. The van der Waals surface area contributed by atoms with E-state index in [1.54, 1.807) is 7.05 Å². The van der Waals surface area contributed by atoms with Crippen LogP contribution in [0.15, 0.2) is 0 Å². The van der Waals surface area contributed by atoms with Crippen molar-refractivity contribution in [2.75, 3.05) is 26.8 Å². The molecule has 1 aliphatic rings. The quantitative estimate of drug-likeness (QED) is 0.620. The molecule has 1 unspecified atom stereocenters. The van der Waals surface area contributed by atoms with Crippen LogP contribution in [0, 0.1) is 5.92 Å². The Morgan fingerprint density at radius 3 is 2.68 bits per heavy atom. The summed E-state index contributed by atoms with van der Waals surface area (Å²) < 4.78 is 5.44. The molecule has 1 aliphatic carbocycles. The maximum absolute atomic E-state index is 11.8. The highest BCUT2D eigenvalue weighted by atomic mass is 16.5. The summed E-state index contributed by atoms with van der Waals surface area (Å²) >= 11 is 0. The smallest absolute Gasteiger partial charge is 0.326 e. The monoisotopic (exact) mass is 272 g/mol. The van der Waals surface area contributed by atoms with Crippen molar-refractivity contribution in [2.24, 2.45) is 5.92 Å². The van der Waals surface area contributed by atoms with Gasteiger partial charge in [-0.2, -0.15) is 0 Å². The molecule has 0 aromatic heterocycles. The van der Waals surface area contributed by atoms with Gasteiger partial charge in [0.25, 0.3) is 0 Å². The fourth-order valence-corrected chi connectivity index (χ4v) is 1.64. The molecule has 0 radical (unpaired) electrons. The van der Waals surface area contributed by atoms with Crippen molar-refractivity contribution < 1.29 is 19.4 Å². The first-order valence-electron chi connectivity index (χ1n) is 6.86. The minimum Gasteiger partial charge on any atom is -0.480 e. The normalized spacial score (nSPS) is 15.9. The molecular weight excluding hydrogens is 248 g/mol. The van der Waals surface area contributed by atoms with Gasteiger partial charge in [0.15, 0.2) is 0 Å². The molecule has 0 aromatic rings. The van der Waals surface area contributed by atoms with Gasteiger partial charge in [0.05, 0.1) is 6.61 Å². The van der Waals surface area contributed by atoms with Gasteiger partial charge in [-0.25, -0.2) is 9.59 Å². The van der Waals surface area contributed by atoms with E-state index in [9.17, 15) is 9.59 Å². The number of hydrogen-bond donors (Lipinski definition) is 2. The Balaban J connectivity index is 2.19. The summed E-state index contributed by atoms with van der Waals surface area (Å²) in [6.07, 6.45) is 3.64. The summed E-state index contributed by atoms with van der Waals surface area (Å²) in [4.78, 5) is 24.2. The first-order valence-corrected chi connectivity index (χ1v) is 6.86. The highest BCUT2D eigenvalue weighted by molar-refractivity contribution is 5.82. The Morgan fingerprint density at radius 2 is 2.16 bits per heavy atom. The number of carboxylic acids is 1. The number of carbonyl (C=O) groups excluding carboxylic acids is 1. The van der Waals surface area contributed by atoms with E-state index in [4.69, 9.17) is 9.84 Å². The maximum Gasteiger partial charge on any atom is 0.326 e. The van der Waals surface area contributed by atoms with E-state index in [0.29, 0.717) is 31.9 Å². The van der Waals surface area contributed by atoms with E-state index in [0.717, 1.165) is 6.61 Å². The standard InChI is InChI=1S/C13H24N2O4/c1-3-4-11(12(16)17)14-13(18)15(2)7-8-19-9-10-5-6-10/h10-11H,3-9H2,1-2H3,(H,14,18)(H,16,17). The second kappa shape index (κ2) is 7.99. The summed E-state index contributed by atoms with van der Waals surface area (Å²) in [7, 11) is 1.64. The van der Waals surface area contributed by atoms with Crippen LogP contribution in [0.4, 0.5) is 4.79 Å². The van der Waals surface area contributed by atoms with Gasteiger partial charge in [-0.15, -0.1) is 0 Å². The molecule has 1 fully saturated rings. The lowest BCUT2D eigenvalue weighted by molar-refractivity contribution is -0.139. The fraction of sp³-hybridized carbons (Fsp3) is 0.846. The summed E-state index contributed by atoms with van der Waals surface area (Å²) in [5.41, 5.74) is 0. The zero-order valence-electron chi connectivity index (χ0n) is 11.7. The molecule has 0 saturated heterocycles. The SMILES string of the molecule is CCCC(NC(=O)N(C)CCOCC1CC1)C(=O)O. The third-order valence-corrected chi connectivity index (χ3v) is 3.14. The number of hydrogen-bond acceptors (Lipinski definition) is 3. The molecule has 0 aliphatic heterocycles. The molecule has 0 bridgehead atoms. The molecule has 110 valence electrons. The van der Waals surface area contributed by atoms with Crippen molar-refractivity contribution in [2.45, 2.75) is 38.6 Å². The molecule has 1 rings (SSSR count). The number of likely N-dealkylation sites (N-methyl/N-ethyl adjacent to an activating group) is 1. The van der Waals surface area contributed by atoms with Crippen LogP contribution in [-0.4, -0.2) is 54.9 Å². The molecule has 6 nitrogen and oxygen atoms in total. The Kier molecular flexibility index (Phi) is 6.62. The predicted octanol–water partition coefficient (Wildman–Crippen LogP) is 1.31. The average molecular weight is 272 g/mol. The topological polar surface area (TPSA) is 78.9 Å². The van der Waals surface area contributed by atoms with Crippen LogP contribution in [0.2, 0.25) is 0 Å². The van der Waals surface area contributed by atoms with E-state index >= 15 is 0 Å². The van der Waals surface area contributed by atoms with Gasteiger partial charge in [-0.1, -0.05) is 13.3 Å². The van der Waals surface area contributed by atoms with Crippen molar-refractivity contribution in [3.8, 4) is 0 Å². The van der Waals surface area contributed by atoms with Crippen molar-refractivity contribution >= 4 is 12.0 Å². The Bertz CT molecular complexity index is 305. The van der Waals surface area contributed by atoms with Crippen LogP contribution in [-0.2, 0) is 9.53 Å². The third kappa shape index (κ3) is 6.42. The van der Waals surface area contributed by atoms with Gasteiger partial charge in [-0.3, -0.25) is 0 Å². The van der Waals surface area contributed by atoms with E-state index < -0.39 is 12.0 Å². The molecule has 0 aromatic carbocycles. The lowest BCUT2D eigenvalue weighted by Crippen LogP contribution is -2.47. The number of aliphatic carboxylic acids is 1. The van der Waals surface area contributed by atoms with Crippen molar-refractivity contribution in [3.05, 3.63) is 0 Å². The lowest BCUT2D eigenvalue weighted by Gasteiger charge is -2.21. The molecule has 2 amide bonds. The number of carbonyl (C=O) groups is 2. The number of urea groups is 1. The molecule has 1 saturated carbocycles. The Labute approximate surface area is 114 Å². The van der Waals surface area contributed by atoms with Gasteiger partial charge in [0.1, 0.15) is 6.04 Å². The fourth-order valence-electron chi connectivity index (χ4n) is 1.64. The summed E-state index contributed by atoms with van der Waals surface area (Å²) in [6.45, 7) is 3.61. The van der Waals surface area contributed by atoms with E-state index in [1.165, 1.54) is 17.7 Å². The van der Waals surface area contributed by atoms with E-state index in [-0.39, 0.29) is 6.03 Å². The van der Waals surface area contributed by atoms with Crippen molar-refractivity contribution in [3.63, 3.8) is 0 Å². The second-order valence-corrected chi connectivity index (χ2v) is 5.07. The summed E-state index contributed by atoms with van der Waals surface area (Å²) in [5, 5.41) is 11.5. The molecule has 0 heterocycles. The van der Waals surface area contributed by atoms with Crippen LogP contribution >= 0.6 is 0 Å². The second-order valence-electron chi connectivity index (χ2n) is 5.07. The molecule has 6 heteroatoms. The molecular formula is C13H24N2O4. The summed E-state index contributed by atoms with van der Waals surface area (Å²) in [5.74, 6) is -0.284. The summed E-state index contributed by atoms with van der Waals surface area (Å²) in [6, 6.07) is -1.18. The number of nitrogens with zero attached hydrogens (tertiary/aromatic N) is 1.